The first-order chi connectivity index (χ1) is 11.7. The largest absolute Gasteiger partial charge is 2.00 e. The molecule has 0 atom stereocenters. The van der Waals surface area contributed by atoms with Crippen LogP contribution >= 0.6 is 0 Å². The second kappa shape index (κ2) is 58.6. The Kier molecular flexibility index (Phi) is 126. The topological polar surface area (TPSA) is 289 Å². The fourth-order valence-corrected chi connectivity index (χ4v) is 0. The first-order valence-corrected chi connectivity index (χ1v) is 10.8. The summed E-state index contributed by atoms with van der Waals surface area (Å²) in [5, 5.41) is 0. The number of nitrogens with two attached hydrogens (primary N) is 4. The van der Waals surface area contributed by atoms with Gasteiger partial charge < -0.3 is 73.4 Å². The van der Waals surface area contributed by atoms with E-state index in [4.69, 9.17) is 60.2 Å². The molecule has 0 aromatic carbocycles. The predicted molar refractivity (Wildman–Crippen MR) is 85.1 cm³/mol. The SMILES string of the molecule is NCC[S-].NCC[S-].NCC[S-].NCC[S-].[Au+].[Au+].[Ni+2].[Ni+2].[O-][Cl+3]([O-])([O-])[O-].[O-][Cl+3]([O-])([O-])[O-]. The summed E-state index contributed by atoms with van der Waals surface area (Å²) in [6.45, 7) is 2.54. The van der Waals surface area contributed by atoms with E-state index in [0.717, 1.165) is 0 Å². The minimum Gasteiger partial charge on any atom is -0.791 e. The molecule has 0 aliphatic heterocycles. The first-order valence-electron chi connectivity index (χ1n) is 6.02. The van der Waals surface area contributed by atoms with E-state index in [1.807, 2.05) is 0 Å². The standard InChI is InChI=1S/4C2H7NS.2Au.2ClHO4.2Ni/c4*3-1-2-4;;;2*2-1(3,4)5;;/h4*4H,1-3H2;;;2*(H,2,3,4,5);;/q;;;;2*+1;;;2*+2/p-6. The van der Waals surface area contributed by atoms with Gasteiger partial charge in [-0.3, -0.25) is 0 Å². The molecule has 30 heavy (non-hydrogen) atoms. The summed E-state index contributed by atoms with van der Waals surface area (Å²) in [5.41, 5.74) is 19.7. The van der Waals surface area contributed by atoms with Gasteiger partial charge in [-0.2, -0.15) is 23.0 Å². The predicted octanol–water partition coefficient (Wildman–Crippen LogP) is -11.6. The van der Waals surface area contributed by atoms with E-state index in [1.165, 1.54) is 0 Å². The third kappa shape index (κ3) is 483. The van der Waals surface area contributed by atoms with Gasteiger partial charge in [0.05, 0.1) is 0 Å². The van der Waals surface area contributed by atoms with Gasteiger partial charge in [0.25, 0.3) is 0 Å². The first kappa shape index (κ1) is 64.3. The zero-order valence-corrected chi connectivity index (χ0v) is 25.9. The van der Waals surface area contributed by atoms with Crippen LogP contribution in [0.15, 0.2) is 0 Å². The summed E-state index contributed by atoms with van der Waals surface area (Å²) in [6.07, 6.45) is 0. The fraction of sp³-hybridized carbons (Fsp3) is 1.00. The Morgan fingerprint density at radius 1 is 0.433 bits per heavy atom. The Hall–Kier alpha value is 3.97. The molecule has 0 bridgehead atoms. The molecule has 22 heteroatoms. The molecular weight excluding hydrogens is 991 g/mol. The van der Waals surface area contributed by atoms with Gasteiger partial charge in [-0.15, -0.1) is 20.5 Å². The Morgan fingerprint density at radius 3 is 0.467 bits per heavy atom. The van der Waals surface area contributed by atoms with Crippen LogP contribution in [0.4, 0.5) is 0 Å². The van der Waals surface area contributed by atoms with E-state index in [1.54, 1.807) is 0 Å². The monoisotopic (exact) mass is 1010 g/mol. The zero-order valence-electron chi connectivity index (χ0n) is 14.9. The summed E-state index contributed by atoms with van der Waals surface area (Å²) in [5.74, 6) is 2.72. The molecule has 0 rings (SSSR count). The molecule has 0 saturated heterocycles. The number of halogens is 2. The Labute approximate surface area is 255 Å². The summed E-state index contributed by atoms with van der Waals surface area (Å²) in [7, 11) is -9.89. The van der Waals surface area contributed by atoms with E-state index in [0.29, 0.717) is 49.2 Å². The van der Waals surface area contributed by atoms with Crippen molar-refractivity contribution in [1.29, 1.82) is 0 Å². The van der Waals surface area contributed by atoms with E-state index in [9.17, 15) is 0 Å². The van der Waals surface area contributed by atoms with Crippen LogP contribution in [0.2, 0.25) is 0 Å². The molecule has 0 aliphatic rings. The number of rotatable bonds is 4. The summed E-state index contributed by atoms with van der Waals surface area (Å²) < 4.78 is 67.9. The summed E-state index contributed by atoms with van der Waals surface area (Å²) in [6, 6.07) is 0. The van der Waals surface area contributed by atoms with Crippen LogP contribution in [0.1, 0.15) is 0 Å². The smallest absolute Gasteiger partial charge is 0.791 e. The van der Waals surface area contributed by atoms with Gasteiger partial charge in [-0.1, -0.05) is 0 Å². The van der Waals surface area contributed by atoms with Crippen molar-refractivity contribution in [3.05, 3.63) is 0 Å². The van der Waals surface area contributed by atoms with Crippen molar-refractivity contribution >= 4 is 50.5 Å². The van der Waals surface area contributed by atoms with Crippen LogP contribution in [0, 0.1) is 20.5 Å². The van der Waals surface area contributed by atoms with Crippen LogP contribution in [0.25, 0.3) is 0 Å². The molecule has 0 spiro atoms. The van der Waals surface area contributed by atoms with Gasteiger partial charge >= 0.3 is 77.7 Å². The molecule has 0 aliphatic carbocycles. The quantitative estimate of drug-likeness (QED) is 0.150. The minimum atomic E-state index is -4.94. The zero-order chi connectivity index (χ0) is 22.7. The number of hydrogen-bond acceptors (Lipinski definition) is 16. The normalized spacial score (nSPS) is 8.00. The van der Waals surface area contributed by atoms with E-state index < -0.39 is 20.5 Å². The maximum absolute atomic E-state index is 8.49. The molecule has 0 heterocycles. The van der Waals surface area contributed by atoms with Gasteiger partial charge in [-0.25, -0.2) is 37.3 Å². The van der Waals surface area contributed by atoms with Crippen molar-refractivity contribution in [1.82, 2.24) is 0 Å². The van der Waals surface area contributed by atoms with Crippen molar-refractivity contribution in [2.75, 3.05) is 49.2 Å². The van der Waals surface area contributed by atoms with E-state index in [-0.39, 0.29) is 77.7 Å². The number of hydrogen-bond donors (Lipinski definition) is 4. The minimum absolute atomic E-state index is 0. The molecule has 0 aromatic rings. The maximum atomic E-state index is 8.49. The molecule has 12 nitrogen and oxygen atoms in total. The van der Waals surface area contributed by atoms with Gasteiger partial charge in [0.1, 0.15) is 0 Å². The van der Waals surface area contributed by atoms with Crippen molar-refractivity contribution in [3.63, 3.8) is 0 Å². The molecule has 0 radical (unpaired) electrons. The third-order valence-electron chi connectivity index (χ3n) is 0.471. The molecule has 0 amide bonds. The van der Waals surface area contributed by atoms with Crippen LogP contribution in [0.5, 0.6) is 0 Å². The van der Waals surface area contributed by atoms with E-state index in [2.05, 4.69) is 50.5 Å². The van der Waals surface area contributed by atoms with Crippen LogP contribution < -0.4 is 60.2 Å². The molecule has 0 aromatic heterocycles. The molecule has 0 saturated carbocycles. The fourth-order valence-electron chi connectivity index (χ4n) is 0. The van der Waals surface area contributed by atoms with E-state index >= 15 is 0 Å². The van der Waals surface area contributed by atoms with Crippen molar-refractivity contribution in [2.45, 2.75) is 0 Å². The second-order valence-electron chi connectivity index (χ2n) is 2.73. The molecule has 8 N–H and O–H groups in total. The van der Waals surface area contributed by atoms with Crippen LogP contribution in [-0.4, -0.2) is 49.2 Å². The van der Waals surface area contributed by atoms with Crippen LogP contribution in [-0.2, 0) is 128 Å². The Morgan fingerprint density at radius 2 is 0.467 bits per heavy atom. The average molecular weight is 1010 g/mol. The van der Waals surface area contributed by atoms with Crippen molar-refractivity contribution in [2.24, 2.45) is 22.9 Å². The molecule has 0 unspecified atom stereocenters. The average Bonchev–Trinajstić information content (AvgIpc) is 2.52. The summed E-state index contributed by atoms with van der Waals surface area (Å²) >= 11 is 17.7. The molecule has 204 valence electrons. The summed E-state index contributed by atoms with van der Waals surface area (Å²) in [4.78, 5) is 0. The van der Waals surface area contributed by atoms with Gasteiger partial charge in [0.15, 0.2) is 0 Å². The van der Waals surface area contributed by atoms with Gasteiger partial charge in [-0.05, 0) is 26.2 Å². The Balaban J connectivity index is -0.0000000195. The maximum Gasteiger partial charge on any atom is 2.00 e. The second-order valence-corrected chi connectivity index (χ2v) is 5.87. The van der Waals surface area contributed by atoms with Gasteiger partial charge in [0.2, 0.25) is 0 Å². The van der Waals surface area contributed by atoms with Crippen LogP contribution in [0.3, 0.4) is 0 Å². The molecular formula is C8H24Au2Cl2N4Ni2O8S4. The van der Waals surface area contributed by atoms with Crippen molar-refractivity contribution < 1.29 is 136 Å². The Bertz CT molecular complexity index is 183. The molecule has 0 fully saturated rings. The van der Waals surface area contributed by atoms with Crippen molar-refractivity contribution in [3.8, 4) is 0 Å². The third-order valence-corrected chi connectivity index (χ3v) is 1.41. The van der Waals surface area contributed by atoms with Gasteiger partial charge in [0, 0.05) is 0 Å².